The largest absolute Gasteiger partial charge is 0.461 e. The molecule has 0 amide bonds. The molecule has 3 fully saturated rings. The minimum absolute atomic E-state index is 0.0183. The highest BCUT2D eigenvalue weighted by Crippen LogP contribution is 2.48. The summed E-state index contributed by atoms with van der Waals surface area (Å²) < 4.78 is 102. The standard InChI is InChI=1S/C31H28F6N6O2S/c1-15-13-44-8-7-43(15)28-18-9-20(31(35,36)37)23(17-3-4-21(33)26-22(17)19(11-38)27(39)46-26)24(34)25(18)40-29(41-28)45-14-30-5-2-6-42(30)12-16(32)10-30/h3-4,9,15-16H,2,5-8,10,12-14,39H2,1H3/t15-,16+,30-/m0/s1. The molecule has 3 saturated heterocycles. The number of benzene rings is 2. The zero-order chi connectivity index (χ0) is 32.5. The Balaban J connectivity index is 1.47. The molecule has 2 N–H and O–H groups in total. The summed E-state index contributed by atoms with van der Waals surface area (Å²) in [5.74, 6) is -2.12. The smallest absolute Gasteiger partial charge is 0.417 e. The van der Waals surface area contributed by atoms with Crippen molar-refractivity contribution < 1.29 is 35.8 Å². The fourth-order valence-corrected chi connectivity index (χ4v) is 8.11. The van der Waals surface area contributed by atoms with Crippen LogP contribution in [0.3, 0.4) is 0 Å². The highest BCUT2D eigenvalue weighted by Gasteiger charge is 2.49. The molecule has 0 aliphatic carbocycles. The van der Waals surface area contributed by atoms with Gasteiger partial charge in [-0.1, -0.05) is 6.07 Å². The molecule has 7 rings (SSSR count). The van der Waals surface area contributed by atoms with E-state index in [1.165, 1.54) is 0 Å². The van der Waals surface area contributed by atoms with Gasteiger partial charge in [-0.25, -0.2) is 13.2 Å². The maximum absolute atomic E-state index is 16.9. The summed E-state index contributed by atoms with van der Waals surface area (Å²) >= 11 is 0.693. The summed E-state index contributed by atoms with van der Waals surface area (Å²) in [4.78, 5) is 12.5. The van der Waals surface area contributed by atoms with Gasteiger partial charge in [-0.05, 0) is 44.0 Å². The van der Waals surface area contributed by atoms with Gasteiger partial charge in [-0.3, -0.25) is 4.90 Å². The van der Waals surface area contributed by atoms with E-state index in [9.17, 15) is 27.2 Å². The monoisotopic (exact) mass is 662 g/mol. The number of ether oxygens (including phenoxy) is 2. The van der Waals surface area contributed by atoms with Crippen LogP contribution in [-0.2, 0) is 10.9 Å². The number of thiophene rings is 1. The Kier molecular flexibility index (Phi) is 7.45. The van der Waals surface area contributed by atoms with E-state index in [-0.39, 0.29) is 88.8 Å². The van der Waals surface area contributed by atoms with Crippen LogP contribution in [0, 0.1) is 23.0 Å². The van der Waals surface area contributed by atoms with Crippen LogP contribution in [0.15, 0.2) is 18.2 Å². The number of nitriles is 1. The van der Waals surface area contributed by atoms with E-state index < -0.39 is 46.2 Å². The number of hydrogen-bond acceptors (Lipinski definition) is 9. The number of hydrogen-bond donors (Lipinski definition) is 1. The number of anilines is 2. The van der Waals surface area contributed by atoms with Crippen molar-refractivity contribution in [2.45, 2.75) is 50.1 Å². The topological polar surface area (TPSA) is 101 Å². The first-order valence-corrected chi connectivity index (χ1v) is 15.6. The zero-order valence-electron chi connectivity index (χ0n) is 24.6. The lowest BCUT2D eigenvalue weighted by Gasteiger charge is -2.35. The van der Waals surface area contributed by atoms with Crippen molar-refractivity contribution in [2.75, 3.05) is 50.1 Å². The Morgan fingerprint density at radius 3 is 2.78 bits per heavy atom. The third-order valence-electron chi connectivity index (χ3n) is 9.27. The Morgan fingerprint density at radius 2 is 2.04 bits per heavy atom. The van der Waals surface area contributed by atoms with Gasteiger partial charge in [-0.15, -0.1) is 11.3 Å². The van der Waals surface area contributed by atoms with Crippen molar-refractivity contribution in [3.05, 3.63) is 41.0 Å². The summed E-state index contributed by atoms with van der Waals surface area (Å²) in [6.07, 6.45) is -4.30. The molecule has 46 heavy (non-hydrogen) atoms. The van der Waals surface area contributed by atoms with Gasteiger partial charge >= 0.3 is 12.2 Å². The normalized spacial score (nSPS) is 23.7. The van der Waals surface area contributed by atoms with E-state index in [4.69, 9.17) is 15.2 Å². The molecule has 0 saturated carbocycles. The van der Waals surface area contributed by atoms with Gasteiger partial charge in [0.05, 0.1) is 40.6 Å². The number of halogens is 6. The average molecular weight is 663 g/mol. The molecule has 2 aromatic carbocycles. The first-order chi connectivity index (χ1) is 21.9. The quantitative estimate of drug-likeness (QED) is 0.244. The predicted octanol–water partition coefficient (Wildman–Crippen LogP) is 6.44. The Hall–Kier alpha value is -3.87. The molecule has 2 aromatic heterocycles. The first kappa shape index (κ1) is 30.8. The van der Waals surface area contributed by atoms with Crippen LogP contribution < -0.4 is 15.4 Å². The minimum atomic E-state index is -5.07. The predicted molar refractivity (Wildman–Crippen MR) is 161 cm³/mol. The van der Waals surface area contributed by atoms with E-state index in [1.807, 2.05) is 11.0 Å². The summed E-state index contributed by atoms with van der Waals surface area (Å²) in [5.41, 5.74) is 2.05. The van der Waals surface area contributed by atoms with Crippen molar-refractivity contribution in [3.8, 4) is 23.2 Å². The van der Waals surface area contributed by atoms with Crippen molar-refractivity contribution in [1.29, 1.82) is 5.26 Å². The van der Waals surface area contributed by atoms with Gasteiger partial charge in [-0.2, -0.15) is 28.4 Å². The Labute approximate surface area is 263 Å². The third kappa shape index (κ3) is 4.89. The second-order valence-corrected chi connectivity index (χ2v) is 13.1. The van der Waals surface area contributed by atoms with Crippen LogP contribution in [-0.4, -0.2) is 72.1 Å². The number of morpholine rings is 1. The summed E-state index contributed by atoms with van der Waals surface area (Å²) in [5, 5.41) is 9.24. The Bertz CT molecular complexity index is 1910. The molecular weight excluding hydrogens is 634 g/mol. The van der Waals surface area contributed by atoms with Gasteiger partial charge < -0.3 is 20.1 Å². The van der Waals surface area contributed by atoms with Crippen molar-refractivity contribution in [1.82, 2.24) is 14.9 Å². The van der Waals surface area contributed by atoms with E-state index in [0.717, 1.165) is 24.6 Å². The fraction of sp³-hybridized carbons (Fsp3) is 0.452. The molecule has 0 spiro atoms. The number of nitrogen functional groups attached to an aromatic ring is 1. The number of nitrogens with zero attached hydrogens (tertiary/aromatic N) is 5. The van der Waals surface area contributed by atoms with E-state index >= 15 is 4.39 Å². The van der Waals surface area contributed by atoms with Crippen LogP contribution >= 0.6 is 11.3 Å². The highest BCUT2D eigenvalue weighted by molar-refractivity contribution is 7.23. The minimum Gasteiger partial charge on any atom is -0.461 e. The molecule has 8 nitrogen and oxygen atoms in total. The lowest BCUT2D eigenvalue weighted by atomic mass is 9.92. The van der Waals surface area contributed by atoms with Crippen LogP contribution in [0.25, 0.3) is 32.1 Å². The molecular formula is C31H28F6N6O2S. The average Bonchev–Trinajstić information content (AvgIpc) is 3.65. The second kappa shape index (κ2) is 11.1. The van der Waals surface area contributed by atoms with Gasteiger partial charge in [0.1, 0.15) is 41.0 Å². The summed E-state index contributed by atoms with van der Waals surface area (Å²) in [6, 6.07) is 3.94. The highest BCUT2D eigenvalue weighted by atomic mass is 32.1. The summed E-state index contributed by atoms with van der Waals surface area (Å²) in [7, 11) is 0. The van der Waals surface area contributed by atoms with Gasteiger partial charge in [0.25, 0.3) is 0 Å². The lowest BCUT2D eigenvalue weighted by Crippen LogP contribution is -2.45. The molecule has 15 heteroatoms. The van der Waals surface area contributed by atoms with Crippen LogP contribution in [0.4, 0.5) is 37.2 Å². The van der Waals surface area contributed by atoms with Crippen LogP contribution in [0.1, 0.15) is 37.3 Å². The first-order valence-electron chi connectivity index (χ1n) is 14.8. The lowest BCUT2D eigenvalue weighted by molar-refractivity contribution is -0.137. The maximum Gasteiger partial charge on any atom is 0.417 e. The maximum atomic E-state index is 16.9. The molecule has 0 bridgehead atoms. The number of fused-ring (bicyclic) bond motifs is 3. The molecule has 3 atom stereocenters. The molecule has 3 aliphatic rings. The van der Waals surface area contributed by atoms with Crippen LogP contribution in [0.5, 0.6) is 6.01 Å². The van der Waals surface area contributed by atoms with Gasteiger partial charge in [0, 0.05) is 35.8 Å². The fourth-order valence-electron chi connectivity index (χ4n) is 7.16. The molecule has 242 valence electrons. The van der Waals surface area contributed by atoms with Crippen molar-refractivity contribution >= 4 is 43.1 Å². The van der Waals surface area contributed by atoms with Gasteiger partial charge in [0.2, 0.25) is 0 Å². The molecule has 5 heterocycles. The van der Waals surface area contributed by atoms with Crippen molar-refractivity contribution in [3.63, 3.8) is 0 Å². The third-order valence-corrected chi connectivity index (χ3v) is 10.3. The number of rotatable bonds is 5. The van der Waals surface area contributed by atoms with Crippen LogP contribution in [0.2, 0.25) is 0 Å². The second-order valence-electron chi connectivity index (χ2n) is 12.1. The van der Waals surface area contributed by atoms with E-state index in [0.29, 0.717) is 24.3 Å². The van der Waals surface area contributed by atoms with E-state index in [2.05, 4.69) is 9.97 Å². The van der Waals surface area contributed by atoms with Crippen molar-refractivity contribution in [2.24, 2.45) is 0 Å². The number of aromatic nitrogens is 2. The number of alkyl halides is 4. The summed E-state index contributed by atoms with van der Waals surface area (Å²) in [6.45, 7) is 3.59. The molecule has 0 radical (unpaired) electrons. The molecule has 3 aliphatic heterocycles. The SMILES string of the molecule is C[C@H]1COCCN1c1nc(OC[C@@]23CCCN2C[C@H](F)C3)nc2c(F)c(-c3ccc(F)c4sc(N)c(C#N)c34)c(C(F)(F)F)cc12. The zero-order valence-corrected chi connectivity index (χ0v) is 25.4. The van der Waals surface area contributed by atoms with Gasteiger partial charge in [0.15, 0.2) is 5.82 Å². The molecule has 4 aromatic rings. The molecule has 0 unspecified atom stereocenters. The number of nitrogens with two attached hydrogens (primary N) is 1. The van der Waals surface area contributed by atoms with E-state index in [1.54, 1.807) is 11.8 Å². The Morgan fingerprint density at radius 1 is 1.24 bits per heavy atom.